The predicted molar refractivity (Wildman–Crippen MR) is 64.3 cm³/mol. The zero-order chi connectivity index (χ0) is 11.3. The molecule has 2 N–H and O–H groups in total. The molecule has 0 bridgehead atoms. The molecular formula is C13H21NO. The van der Waals surface area contributed by atoms with E-state index in [9.17, 15) is 0 Å². The number of para-hydroxylation sites is 1. The van der Waals surface area contributed by atoms with Crippen molar-refractivity contribution in [2.75, 3.05) is 6.54 Å². The topological polar surface area (TPSA) is 35.2 Å². The molecule has 2 nitrogen and oxygen atoms in total. The fourth-order valence-electron chi connectivity index (χ4n) is 1.54. The van der Waals surface area contributed by atoms with Crippen LogP contribution in [0.1, 0.15) is 38.7 Å². The van der Waals surface area contributed by atoms with Crippen LogP contribution in [0.15, 0.2) is 24.3 Å². The molecule has 1 rings (SSSR count). The Hall–Kier alpha value is -1.02. The zero-order valence-corrected chi connectivity index (χ0v) is 9.86. The Kier molecular flexibility index (Phi) is 4.63. The highest BCUT2D eigenvalue weighted by atomic mass is 16.5. The van der Waals surface area contributed by atoms with E-state index >= 15 is 0 Å². The Morgan fingerprint density at radius 2 is 1.93 bits per heavy atom. The Balaban J connectivity index is 2.83. The van der Waals surface area contributed by atoms with Crippen LogP contribution in [-0.2, 0) is 0 Å². The Morgan fingerprint density at radius 3 is 2.47 bits per heavy atom. The lowest BCUT2D eigenvalue weighted by Crippen LogP contribution is -2.26. The predicted octanol–water partition coefficient (Wildman–Crippen LogP) is 2.93. The van der Waals surface area contributed by atoms with Crippen LogP contribution < -0.4 is 10.5 Å². The first kappa shape index (κ1) is 12.1. The van der Waals surface area contributed by atoms with Gasteiger partial charge in [0.1, 0.15) is 11.9 Å². The second-order valence-electron chi connectivity index (χ2n) is 4.08. The van der Waals surface area contributed by atoms with E-state index in [4.69, 9.17) is 10.5 Å². The summed E-state index contributed by atoms with van der Waals surface area (Å²) in [4.78, 5) is 0. The molecule has 1 unspecified atom stereocenters. The second kappa shape index (κ2) is 5.76. The molecule has 1 atom stereocenters. The van der Waals surface area contributed by atoms with Gasteiger partial charge >= 0.3 is 0 Å². The van der Waals surface area contributed by atoms with Gasteiger partial charge in [0.25, 0.3) is 0 Å². The summed E-state index contributed by atoms with van der Waals surface area (Å²) in [6.45, 7) is 7.01. The molecular weight excluding hydrogens is 186 g/mol. The second-order valence-corrected chi connectivity index (χ2v) is 4.08. The summed E-state index contributed by atoms with van der Waals surface area (Å²) in [7, 11) is 0. The van der Waals surface area contributed by atoms with Crippen LogP contribution in [0.25, 0.3) is 0 Å². The molecule has 0 aliphatic heterocycles. The van der Waals surface area contributed by atoms with Gasteiger partial charge in [-0.1, -0.05) is 39.0 Å². The van der Waals surface area contributed by atoms with Gasteiger partial charge in [0, 0.05) is 6.54 Å². The van der Waals surface area contributed by atoms with E-state index in [0.29, 0.717) is 12.5 Å². The molecule has 0 amide bonds. The molecule has 2 heteroatoms. The monoisotopic (exact) mass is 207 g/mol. The van der Waals surface area contributed by atoms with Gasteiger partial charge in [-0.25, -0.2) is 0 Å². The van der Waals surface area contributed by atoms with Crippen LogP contribution >= 0.6 is 0 Å². The lowest BCUT2D eigenvalue weighted by atomic mass is 10.0. The minimum atomic E-state index is 0.130. The standard InChI is InChI=1S/C13H21NO/c1-4-11(9-14)15-13-8-6-5-7-12(13)10(2)3/h5-8,10-11H,4,9,14H2,1-3H3. The summed E-state index contributed by atoms with van der Waals surface area (Å²) in [5, 5.41) is 0. The number of hydrogen-bond donors (Lipinski definition) is 1. The van der Waals surface area contributed by atoms with Crippen molar-refractivity contribution in [3.8, 4) is 5.75 Å². The maximum atomic E-state index is 5.88. The highest BCUT2D eigenvalue weighted by Crippen LogP contribution is 2.26. The van der Waals surface area contributed by atoms with E-state index in [0.717, 1.165) is 12.2 Å². The summed E-state index contributed by atoms with van der Waals surface area (Å²) in [6, 6.07) is 8.19. The SMILES string of the molecule is CCC(CN)Oc1ccccc1C(C)C. The fraction of sp³-hybridized carbons (Fsp3) is 0.538. The normalized spacial score (nSPS) is 12.9. The number of nitrogens with two attached hydrogens (primary N) is 1. The number of benzene rings is 1. The number of rotatable bonds is 5. The highest BCUT2D eigenvalue weighted by Gasteiger charge is 2.10. The zero-order valence-electron chi connectivity index (χ0n) is 9.86. The number of ether oxygens (including phenoxy) is 1. The van der Waals surface area contributed by atoms with Crippen molar-refractivity contribution in [2.45, 2.75) is 39.2 Å². The van der Waals surface area contributed by atoms with E-state index in [1.165, 1.54) is 5.56 Å². The van der Waals surface area contributed by atoms with Crippen molar-refractivity contribution in [1.29, 1.82) is 0 Å². The molecule has 0 aliphatic carbocycles. The van der Waals surface area contributed by atoms with Crippen LogP contribution in [0.2, 0.25) is 0 Å². The minimum Gasteiger partial charge on any atom is -0.489 e. The third-order valence-corrected chi connectivity index (χ3v) is 2.55. The Bertz CT molecular complexity index is 292. The third kappa shape index (κ3) is 3.24. The van der Waals surface area contributed by atoms with Gasteiger partial charge in [0.15, 0.2) is 0 Å². The van der Waals surface area contributed by atoms with Gasteiger partial charge in [-0.2, -0.15) is 0 Å². The van der Waals surface area contributed by atoms with E-state index in [2.05, 4.69) is 26.8 Å². The molecule has 0 saturated heterocycles. The molecule has 0 spiro atoms. The van der Waals surface area contributed by atoms with Gasteiger partial charge in [0.2, 0.25) is 0 Å². The summed E-state index contributed by atoms with van der Waals surface area (Å²) in [6.07, 6.45) is 1.08. The van der Waals surface area contributed by atoms with Crippen molar-refractivity contribution in [3.05, 3.63) is 29.8 Å². The summed E-state index contributed by atoms with van der Waals surface area (Å²) in [5.41, 5.74) is 6.89. The molecule has 0 heterocycles. The molecule has 0 aliphatic rings. The van der Waals surface area contributed by atoms with Crippen molar-refractivity contribution in [3.63, 3.8) is 0 Å². The van der Waals surface area contributed by atoms with Crippen molar-refractivity contribution in [1.82, 2.24) is 0 Å². The van der Waals surface area contributed by atoms with Crippen LogP contribution in [-0.4, -0.2) is 12.6 Å². The van der Waals surface area contributed by atoms with Crippen molar-refractivity contribution < 1.29 is 4.74 Å². The van der Waals surface area contributed by atoms with Crippen LogP contribution in [0.4, 0.5) is 0 Å². The number of hydrogen-bond acceptors (Lipinski definition) is 2. The van der Waals surface area contributed by atoms with Crippen LogP contribution in [0, 0.1) is 0 Å². The Labute approximate surface area is 92.4 Å². The van der Waals surface area contributed by atoms with Gasteiger partial charge in [-0.15, -0.1) is 0 Å². The molecule has 15 heavy (non-hydrogen) atoms. The smallest absolute Gasteiger partial charge is 0.123 e. The molecule has 1 aromatic carbocycles. The molecule has 0 fully saturated rings. The average Bonchev–Trinajstić information content (AvgIpc) is 2.26. The van der Waals surface area contributed by atoms with E-state index in [1.54, 1.807) is 0 Å². The van der Waals surface area contributed by atoms with Crippen LogP contribution in [0.5, 0.6) is 5.75 Å². The summed E-state index contributed by atoms with van der Waals surface area (Å²) < 4.78 is 5.88. The fourth-order valence-corrected chi connectivity index (χ4v) is 1.54. The van der Waals surface area contributed by atoms with Crippen molar-refractivity contribution in [2.24, 2.45) is 5.73 Å². The molecule has 1 aromatic rings. The van der Waals surface area contributed by atoms with E-state index in [1.807, 2.05) is 18.2 Å². The first-order valence-corrected chi connectivity index (χ1v) is 5.64. The molecule has 84 valence electrons. The molecule has 0 saturated carbocycles. The largest absolute Gasteiger partial charge is 0.489 e. The first-order chi connectivity index (χ1) is 7.19. The lowest BCUT2D eigenvalue weighted by molar-refractivity contribution is 0.202. The Morgan fingerprint density at radius 1 is 1.27 bits per heavy atom. The quantitative estimate of drug-likeness (QED) is 0.805. The summed E-state index contributed by atoms with van der Waals surface area (Å²) >= 11 is 0. The maximum Gasteiger partial charge on any atom is 0.123 e. The highest BCUT2D eigenvalue weighted by molar-refractivity contribution is 5.35. The van der Waals surface area contributed by atoms with Crippen molar-refractivity contribution >= 4 is 0 Å². The van der Waals surface area contributed by atoms with Crippen LogP contribution in [0.3, 0.4) is 0 Å². The lowest BCUT2D eigenvalue weighted by Gasteiger charge is -2.19. The minimum absolute atomic E-state index is 0.130. The van der Waals surface area contributed by atoms with Gasteiger partial charge in [-0.05, 0) is 24.0 Å². The van der Waals surface area contributed by atoms with Gasteiger partial charge < -0.3 is 10.5 Å². The van der Waals surface area contributed by atoms with E-state index in [-0.39, 0.29) is 6.10 Å². The first-order valence-electron chi connectivity index (χ1n) is 5.64. The molecule has 0 aromatic heterocycles. The van der Waals surface area contributed by atoms with Gasteiger partial charge in [0.05, 0.1) is 0 Å². The van der Waals surface area contributed by atoms with Gasteiger partial charge in [-0.3, -0.25) is 0 Å². The average molecular weight is 207 g/mol. The van der Waals surface area contributed by atoms with E-state index < -0.39 is 0 Å². The third-order valence-electron chi connectivity index (χ3n) is 2.55. The summed E-state index contributed by atoms with van der Waals surface area (Å²) in [5.74, 6) is 1.46. The maximum absolute atomic E-state index is 5.88. The molecule has 0 radical (unpaired) electrons.